The molecule has 114 valence electrons. The predicted octanol–water partition coefficient (Wildman–Crippen LogP) is 3.55. The molecule has 0 spiro atoms. The van der Waals surface area contributed by atoms with Crippen molar-refractivity contribution < 1.29 is 18.9 Å². The first-order valence-corrected chi connectivity index (χ1v) is 7.49. The Morgan fingerprint density at radius 1 is 0.636 bits per heavy atom. The molecule has 0 radical (unpaired) electrons. The smallest absolute Gasteiger partial charge is 0.231 e. The summed E-state index contributed by atoms with van der Waals surface area (Å²) in [6, 6.07) is 8.31. The third-order valence-corrected chi connectivity index (χ3v) is 4.33. The maximum atomic E-state index is 5.47. The highest BCUT2D eigenvalue weighted by molar-refractivity contribution is 5.50. The molecule has 2 aliphatic heterocycles. The van der Waals surface area contributed by atoms with Gasteiger partial charge in [-0.15, -0.1) is 0 Å². The fourth-order valence-corrected chi connectivity index (χ4v) is 2.98. The van der Waals surface area contributed by atoms with Crippen LogP contribution < -0.4 is 18.9 Å². The maximum absolute atomic E-state index is 5.47. The van der Waals surface area contributed by atoms with Crippen LogP contribution in [0, 0.1) is 13.8 Å². The van der Waals surface area contributed by atoms with Gasteiger partial charge in [0.05, 0.1) is 0 Å². The SMILES string of the molecule is Cc1cc2c(cc1CCc1cc3c(cc1C)OCO3)OCO2. The molecule has 0 N–H and O–H groups in total. The van der Waals surface area contributed by atoms with Gasteiger partial charge >= 0.3 is 0 Å². The molecule has 0 bridgehead atoms. The summed E-state index contributed by atoms with van der Waals surface area (Å²) in [5, 5.41) is 0. The molecule has 0 fully saturated rings. The van der Waals surface area contributed by atoms with E-state index in [4.69, 9.17) is 18.9 Å². The van der Waals surface area contributed by atoms with Crippen molar-refractivity contribution in [2.24, 2.45) is 0 Å². The van der Waals surface area contributed by atoms with Crippen LogP contribution in [0.2, 0.25) is 0 Å². The number of benzene rings is 2. The molecule has 2 heterocycles. The van der Waals surface area contributed by atoms with Crippen LogP contribution in [0.5, 0.6) is 23.0 Å². The van der Waals surface area contributed by atoms with Crippen LogP contribution in [0.1, 0.15) is 22.3 Å². The van der Waals surface area contributed by atoms with Crippen molar-refractivity contribution >= 4 is 0 Å². The normalized spacial score (nSPS) is 14.5. The van der Waals surface area contributed by atoms with E-state index >= 15 is 0 Å². The summed E-state index contributed by atoms with van der Waals surface area (Å²) < 4.78 is 21.8. The van der Waals surface area contributed by atoms with Gasteiger partial charge in [-0.25, -0.2) is 0 Å². The van der Waals surface area contributed by atoms with E-state index in [-0.39, 0.29) is 0 Å². The highest BCUT2D eigenvalue weighted by Gasteiger charge is 2.17. The van der Waals surface area contributed by atoms with E-state index in [1.807, 2.05) is 0 Å². The monoisotopic (exact) mass is 298 g/mol. The molecule has 0 saturated heterocycles. The third-order valence-electron chi connectivity index (χ3n) is 4.33. The van der Waals surface area contributed by atoms with Gasteiger partial charge in [-0.1, -0.05) is 0 Å². The molecule has 0 amide bonds. The number of ether oxygens (including phenoxy) is 4. The highest BCUT2D eigenvalue weighted by Crippen LogP contribution is 2.37. The molecule has 0 aliphatic carbocycles. The zero-order valence-corrected chi connectivity index (χ0v) is 12.8. The lowest BCUT2D eigenvalue weighted by Crippen LogP contribution is -1.97. The Labute approximate surface area is 129 Å². The standard InChI is InChI=1S/C18H18O4/c1-11-5-15-17(21-9-19-15)7-13(11)3-4-14-8-18-16(6-12(14)2)20-10-22-18/h5-8H,3-4,9-10H2,1-2H3. The molecule has 22 heavy (non-hydrogen) atoms. The van der Waals surface area contributed by atoms with Gasteiger partial charge in [0.15, 0.2) is 23.0 Å². The van der Waals surface area contributed by atoms with Crippen molar-refractivity contribution in [2.45, 2.75) is 26.7 Å². The summed E-state index contributed by atoms with van der Waals surface area (Å²) in [4.78, 5) is 0. The Balaban J connectivity index is 1.56. The number of rotatable bonds is 3. The number of hydrogen-bond acceptors (Lipinski definition) is 4. The van der Waals surface area contributed by atoms with Gasteiger partial charge in [-0.2, -0.15) is 0 Å². The fraction of sp³-hybridized carbons (Fsp3) is 0.333. The quantitative estimate of drug-likeness (QED) is 0.868. The molecule has 2 aromatic rings. The zero-order chi connectivity index (χ0) is 15.1. The van der Waals surface area contributed by atoms with E-state index in [2.05, 4.69) is 38.1 Å². The first kappa shape index (κ1) is 13.3. The first-order chi connectivity index (χ1) is 10.7. The molecule has 2 aromatic carbocycles. The molecule has 0 atom stereocenters. The topological polar surface area (TPSA) is 36.9 Å². The molecular weight excluding hydrogens is 280 g/mol. The van der Waals surface area contributed by atoms with Crippen molar-refractivity contribution in [1.82, 2.24) is 0 Å². The molecule has 2 aliphatic rings. The van der Waals surface area contributed by atoms with Gasteiger partial charge in [0.25, 0.3) is 0 Å². The van der Waals surface area contributed by atoms with Crippen LogP contribution in [-0.4, -0.2) is 13.6 Å². The third kappa shape index (κ3) is 2.25. The second-order valence-electron chi connectivity index (χ2n) is 5.76. The summed E-state index contributed by atoms with van der Waals surface area (Å²) >= 11 is 0. The fourth-order valence-electron chi connectivity index (χ4n) is 2.98. The summed E-state index contributed by atoms with van der Waals surface area (Å²) in [6.45, 7) is 4.87. The minimum atomic E-state index is 0.319. The lowest BCUT2D eigenvalue weighted by molar-refractivity contribution is 0.173. The van der Waals surface area contributed by atoms with Gasteiger partial charge in [-0.3, -0.25) is 0 Å². The summed E-state index contributed by atoms with van der Waals surface area (Å²) in [5.74, 6) is 3.40. The van der Waals surface area contributed by atoms with Crippen molar-refractivity contribution in [1.29, 1.82) is 0 Å². The molecule has 0 unspecified atom stereocenters. The molecular formula is C18H18O4. The van der Waals surface area contributed by atoms with Crippen LogP contribution in [0.3, 0.4) is 0 Å². The van der Waals surface area contributed by atoms with Gasteiger partial charge in [0.2, 0.25) is 13.6 Å². The van der Waals surface area contributed by atoms with Gasteiger partial charge in [0, 0.05) is 0 Å². The highest BCUT2D eigenvalue weighted by atomic mass is 16.7. The second kappa shape index (κ2) is 5.13. The molecule has 0 aromatic heterocycles. The van der Waals surface area contributed by atoms with Crippen LogP contribution in [0.15, 0.2) is 24.3 Å². The Bertz CT molecular complexity index is 673. The van der Waals surface area contributed by atoms with Crippen LogP contribution >= 0.6 is 0 Å². The van der Waals surface area contributed by atoms with E-state index in [9.17, 15) is 0 Å². The Morgan fingerprint density at radius 3 is 1.41 bits per heavy atom. The Morgan fingerprint density at radius 2 is 1.00 bits per heavy atom. The molecule has 4 heteroatoms. The summed E-state index contributed by atoms with van der Waals surface area (Å²) in [7, 11) is 0. The van der Waals surface area contributed by atoms with Crippen molar-refractivity contribution in [3.63, 3.8) is 0 Å². The van der Waals surface area contributed by atoms with E-state index in [1.165, 1.54) is 22.3 Å². The molecule has 0 saturated carbocycles. The van der Waals surface area contributed by atoms with E-state index in [0.29, 0.717) is 13.6 Å². The van der Waals surface area contributed by atoms with Crippen LogP contribution in [0.4, 0.5) is 0 Å². The van der Waals surface area contributed by atoms with Crippen molar-refractivity contribution in [3.05, 3.63) is 46.5 Å². The van der Waals surface area contributed by atoms with E-state index in [0.717, 1.165) is 35.8 Å². The zero-order valence-electron chi connectivity index (χ0n) is 12.8. The maximum Gasteiger partial charge on any atom is 0.231 e. The largest absolute Gasteiger partial charge is 0.454 e. The summed E-state index contributed by atoms with van der Waals surface area (Å²) in [5.41, 5.74) is 5.06. The Kier molecular flexibility index (Phi) is 3.10. The van der Waals surface area contributed by atoms with Crippen LogP contribution in [0.25, 0.3) is 0 Å². The van der Waals surface area contributed by atoms with E-state index in [1.54, 1.807) is 0 Å². The molecule has 4 nitrogen and oxygen atoms in total. The lowest BCUT2D eigenvalue weighted by atomic mass is 9.97. The van der Waals surface area contributed by atoms with Crippen molar-refractivity contribution in [2.75, 3.05) is 13.6 Å². The number of aryl methyl sites for hydroxylation is 4. The first-order valence-electron chi connectivity index (χ1n) is 7.49. The Hall–Kier alpha value is -2.36. The average molecular weight is 298 g/mol. The number of hydrogen-bond donors (Lipinski definition) is 0. The van der Waals surface area contributed by atoms with Crippen molar-refractivity contribution in [3.8, 4) is 23.0 Å². The van der Waals surface area contributed by atoms with E-state index < -0.39 is 0 Å². The molecule has 4 rings (SSSR count). The van der Waals surface area contributed by atoms with Gasteiger partial charge in [-0.05, 0) is 73.2 Å². The minimum absolute atomic E-state index is 0.319. The second-order valence-corrected chi connectivity index (χ2v) is 5.76. The summed E-state index contributed by atoms with van der Waals surface area (Å²) in [6.07, 6.45) is 1.92. The van der Waals surface area contributed by atoms with Crippen LogP contribution in [-0.2, 0) is 12.8 Å². The average Bonchev–Trinajstić information content (AvgIpc) is 3.12. The number of fused-ring (bicyclic) bond motifs is 2. The van der Waals surface area contributed by atoms with Gasteiger partial charge in [0.1, 0.15) is 0 Å². The predicted molar refractivity (Wildman–Crippen MR) is 82.0 cm³/mol. The lowest BCUT2D eigenvalue weighted by Gasteiger charge is -2.10. The van der Waals surface area contributed by atoms with Gasteiger partial charge < -0.3 is 18.9 Å². The minimum Gasteiger partial charge on any atom is -0.454 e.